The van der Waals surface area contributed by atoms with Gasteiger partial charge in [0.05, 0.1) is 30.2 Å². The number of hydrogen-bond donors (Lipinski definition) is 4. The number of para-hydroxylation sites is 1. The molecule has 5 rings (SSSR count). The molecule has 7 nitrogen and oxygen atoms in total. The predicted molar refractivity (Wildman–Crippen MR) is 179 cm³/mol. The number of phenols is 1. The minimum atomic E-state index is -0.846. The van der Waals surface area contributed by atoms with Crippen molar-refractivity contribution >= 4 is 35.0 Å². The van der Waals surface area contributed by atoms with Crippen LogP contribution in [0.15, 0.2) is 95.6 Å². The minimum Gasteiger partial charge on any atom is -0.508 e. The summed E-state index contributed by atoms with van der Waals surface area (Å²) in [6, 6.07) is 24.1. The van der Waals surface area contributed by atoms with Gasteiger partial charge in [0.1, 0.15) is 5.75 Å². The second kappa shape index (κ2) is 14.3. The first kappa shape index (κ1) is 32.2. The molecule has 1 fully saturated rings. The summed E-state index contributed by atoms with van der Waals surface area (Å²) in [5.41, 5.74) is 6.14. The summed E-state index contributed by atoms with van der Waals surface area (Å²) < 4.78 is 0. The number of aliphatic hydroxyl groups excluding tert-OH is 2. The third kappa shape index (κ3) is 7.05. The van der Waals surface area contributed by atoms with Crippen molar-refractivity contribution in [2.45, 2.75) is 59.0 Å². The number of amides is 2. The maximum Gasteiger partial charge on any atom is 0.238 e. The Hall–Kier alpha value is -4.20. The van der Waals surface area contributed by atoms with Gasteiger partial charge >= 0.3 is 0 Å². The summed E-state index contributed by atoms with van der Waals surface area (Å²) in [5.74, 6) is -2.23. The Labute approximate surface area is 265 Å². The van der Waals surface area contributed by atoms with Gasteiger partial charge in [0.25, 0.3) is 0 Å². The Morgan fingerprint density at radius 3 is 2.22 bits per heavy atom. The zero-order chi connectivity index (χ0) is 32.1. The third-order valence-electron chi connectivity index (χ3n) is 9.13. The van der Waals surface area contributed by atoms with E-state index in [1.165, 1.54) is 10.5 Å². The minimum absolute atomic E-state index is 0.0487. The standard InChI is InChI=1S/C38H44N2O5/c1-4-8-25(21-26-11-18-30(42)19-12-26)13-20-34(43)35-31(24(2)3)22-32-36(33(35)23-41)38(45)40(37(32)44)29-16-14-28(15-17-29)39-27-9-6-5-7-10-27/h5-7,9-12,14-19,21,24,32-34,36,39,41-43H,4,8,13,20,22-23H2,1-3H3/b25-21+/t32-,33+,34-,36-/m1/s1. The lowest BCUT2D eigenvalue weighted by molar-refractivity contribution is -0.123. The van der Waals surface area contributed by atoms with E-state index < -0.39 is 23.9 Å². The Morgan fingerprint density at radius 2 is 1.60 bits per heavy atom. The van der Waals surface area contributed by atoms with Crippen LogP contribution in [-0.2, 0) is 9.59 Å². The van der Waals surface area contributed by atoms with Gasteiger partial charge in [0.15, 0.2) is 0 Å². The fourth-order valence-corrected chi connectivity index (χ4v) is 6.96. The number of nitrogens with one attached hydrogen (secondary N) is 1. The summed E-state index contributed by atoms with van der Waals surface area (Å²) in [7, 11) is 0. The zero-order valence-electron chi connectivity index (χ0n) is 26.3. The van der Waals surface area contributed by atoms with Crippen LogP contribution < -0.4 is 10.2 Å². The molecule has 3 aromatic carbocycles. The lowest BCUT2D eigenvalue weighted by Gasteiger charge is -2.38. The van der Waals surface area contributed by atoms with Crippen LogP contribution >= 0.6 is 0 Å². The second-order valence-corrected chi connectivity index (χ2v) is 12.5. The van der Waals surface area contributed by atoms with E-state index in [9.17, 15) is 24.9 Å². The molecule has 2 aliphatic rings. The number of carbonyl (C=O) groups is 2. The van der Waals surface area contributed by atoms with Gasteiger partial charge in [-0.15, -0.1) is 0 Å². The second-order valence-electron chi connectivity index (χ2n) is 12.5. The number of nitrogens with zero attached hydrogens (tertiary/aromatic N) is 1. The Kier molecular flexibility index (Phi) is 10.2. The molecule has 3 aromatic rings. The van der Waals surface area contributed by atoms with Crippen molar-refractivity contribution in [3.8, 4) is 5.75 Å². The summed E-state index contributed by atoms with van der Waals surface area (Å²) in [6.45, 7) is 5.89. The average Bonchev–Trinajstić information content (AvgIpc) is 3.29. The van der Waals surface area contributed by atoms with E-state index in [1.54, 1.807) is 24.3 Å². The maximum atomic E-state index is 14.0. The van der Waals surface area contributed by atoms with Crippen molar-refractivity contribution in [2.75, 3.05) is 16.8 Å². The molecule has 236 valence electrons. The van der Waals surface area contributed by atoms with Crippen molar-refractivity contribution in [1.82, 2.24) is 0 Å². The fraction of sp³-hybridized carbons (Fsp3) is 0.368. The maximum absolute atomic E-state index is 14.0. The monoisotopic (exact) mass is 608 g/mol. The van der Waals surface area contributed by atoms with E-state index in [4.69, 9.17) is 0 Å². The predicted octanol–water partition coefficient (Wildman–Crippen LogP) is 7.23. The zero-order valence-corrected chi connectivity index (χ0v) is 26.3. The van der Waals surface area contributed by atoms with Crippen LogP contribution in [-0.4, -0.2) is 39.8 Å². The molecule has 1 aliphatic carbocycles. The van der Waals surface area contributed by atoms with E-state index in [0.717, 1.165) is 40.9 Å². The van der Waals surface area contributed by atoms with E-state index in [-0.39, 0.29) is 30.1 Å². The number of hydrogen-bond acceptors (Lipinski definition) is 6. The number of benzene rings is 3. The number of anilines is 3. The molecule has 4 atom stereocenters. The van der Waals surface area contributed by atoms with Gasteiger partial charge in [-0.1, -0.05) is 74.7 Å². The van der Waals surface area contributed by atoms with Crippen molar-refractivity contribution < 1.29 is 24.9 Å². The van der Waals surface area contributed by atoms with Crippen LogP contribution in [0, 0.1) is 23.7 Å². The first-order chi connectivity index (χ1) is 21.7. The van der Waals surface area contributed by atoms with Gasteiger partial charge in [-0.2, -0.15) is 0 Å². The molecular formula is C38H44N2O5. The van der Waals surface area contributed by atoms with Gasteiger partial charge in [-0.05, 0) is 91.3 Å². The smallest absolute Gasteiger partial charge is 0.238 e. The summed E-state index contributed by atoms with van der Waals surface area (Å²) in [6.07, 6.45) is 4.58. The van der Waals surface area contributed by atoms with Gasteiger partial charge in [0.2, 0.25) is 11.8 Å². The molecule has 4 N–H and O–H groups in total. The van der Waals surface area contributed by atoms with Gasteiger partial charge in [-0.3, -0.25) is 14.5 Å². The number of fused-ring (bicyclic) bond motifs is 1. The number of allylic oxidation sites excluding steroid dienone is 2. The van der Waals surface area contributed by atoms with Crippen LogP contribution in [0.3, 0.4) is 0 Å². The van der Waals surface area contributed by atoms with Crippen molar-refractivity contribution in [3.63, 3.8) is 0 Å². The molecular weight excluding hydrogens is 564 g/mol. The van der Waals surface area contributed by atoms with E-state index in [2.05, 4.69) is 18.3 Å². The molecule has 0 aromatic heterocycles. The lowest BCUT2D eigenvalue weighted by atomic mass is 9.66. The fourth-order valence-electron chi connectivity index (χ4n) is 6.96. The van der Waals surface area contributed by atoms with Crippen LogP contribution in [0.4, 0.5) is 17.1 Å². The molecule has 0 radical (unpaired) electrons. The highest BCUT2D eigenvalue weighted by Crippen LogP contribution is 2.49. The third-order valence-corrected chi connectivity index (χ3v) is 9.13. The molecule has 0 bridgehead atoms. The van der Waals surface area contributed by atoms with Crippen molar-refractivity contribution in [2.24, 2.45) is 23.7 Å². The first-order valence-electron chi connectivity index (χ1n) is 16.0. The van der Waals surface area contributed by atoms with Crippen LogP contribution in [0.2, 0.25) is 0 Å². The van der Waals surface area contributed by atoms with Gasteiger partial charge in [-0.25, -0.2) is 0 Å². The molecule has 0 unspecified atom stereocenters. The number of rotatable bonds is 12. The van der Waals surface area contributed by atoms with Crippen molar-refractivity contribution in [1.29, 1.82) is 0 Å². The molecule has 1 saturated heterocycles. The SMILES string of the molecule is CCC/C(=C\c1ccc(O)cc1)CC[C@@H](O)C1=C(C(C)C)C[C@H]2C(=O)N(c3ccc(Nc4ccccc4)cc3)C(=O)[C@H]2[C@H]1CO. The highest BCUT2D eigenvalue weighted by atomic mass is 16.3. The number of imide groups is 1. The number of aromatic hydroxyl groups is 1. The van der Waals surface area contributed by atoms with Crippen LogP contribution in [0.25, 0.3) is 6.08 Å². The topological polar surface area (TPSA) is 110 Å². The number of aliphatic hydroxyl groups is 2. The number of phenolic OH excluding ortho intramolecular Hbond substituents is 1. The van der Waals surface area contributed by atoms with E-state index in [0.29, 0.717) is 24.9 Å². The molecule has 45 heavy (non-hydrogen) atoms. The lowest BCUT2D eigenvalue weighted by Crippen LogP contribution is -2.39. The van der Waals surface area contributed by atoms with Crippen LogP contribution in [0.5, 0.6) is 5.75 Å². The van der Waals surface area contributed by atoms with Gasteiger partial charge < -0.3 is 20.6 Å². The highest BCUT2D eigenvalue weighted by molar-refractivity contribution is 6.22. The van der Waals surface area contributed by atoms with E-state index in [1.807, 2.05) is 68.4 Å². The number of carbonyl (C=O) groups excluding carboxylic acids is 2. The van der Waals surface area contributed by atoms with Gasteiger partial charge in [0, 0.05) is 17.3 Å². The summed E-state index contributed by atoms with van der Waals surface area (Å²) in [4.78, 5) is 29.1. The largest absolute Gasteiger partial charge is 0.508 e. The average molecular weight is 609 g/mol. The molecule has 1 aliphatic heterocycles. The first-order valence-corrected chi connectivity index (χ1v) is 16.0. The highest BCUT2D eigenvalue weighted by Gasteiger charge is 2.55. The van der Waals surface area contributed by atoms with E-state index >= 15 is 0 Å². The summed E-state index contributed by atoms with van der Waals surface area (Å²) in [5, 5.41) is 35.3. The molecule has 2 amide bonds. The van der Waals surface area contributed by atoms with Crippen LogP contribution in [0.1, 0.15) is 58.4 Å². The normalized spacial score (nSPS) is 21.0. The molecule has 0 saturated carbocycles. The Balaban J connectivity index is 1.36. The summed E-state index contributed by atoms with van der Waals surface area (Å²) >= 11 is 0. The Morgan fingerprint density at radius 1 is 0.933 bits per heavy atom. The van der Waals surface area contributed by atoms with Crippen molar-refractivity contribution in [3.05, 3.63) is 101 Å². The Bertz CT molecular complexity index is 1540. The quantitative estimate of drug-likeness (QED) is 0.128. The molecule has 7 heteroatoms. The molecule has 1 heterocycles. The molecule has 0 spiro atoms.